The first-order chi connectivity index (χ1) is 22.1. The van der Waals surface area contributed by atoms with Crippen LogP contribution in [0.5, 0.6) is 0 Å². The first-order valence-corrected chi connectivity index (χ1v) is 15.8. The predicted molar refractivity (Wildman–Crippen MR) is 179 cm³/mol. The van der Waals surface area contributed by atoms with Gasteiger partial charge in [-0.3, -0.25) is 19.6 Å². The molecule has 2 aromatic heterocycles. The Morgan fingerprint density at radius 2 is 1.98 bits per heavy atom. The number of piperidine rings is 1. The van der Waals surface area contributed by atoms with Gasteiger partial charge in [0.25, 0.3) is 0 Å². The third kappa shape index (κ3) is 5.21. The molecule has 2 unspecified atom stereocenters. The van der Waals surface area contributed by atoms with Crippen molar-refractivity contribution in [1.29, 1.82) is 0 Å². The zero-order chi connectivity index (χ0) is 32.3. The quantitative estimate of drug-likeness (QED) is 0.211. The van der Waals surface area contributed by atoms with Gasteiger partial charge in [0.15, 0.2) is 5.82 Å². The van der Waals surface area contributed by atoms with Gasteiger partial charge in [0.05, 0.1) is 29.4 Å². The number of carbonyl (C=O) groups is 2. The topological polar surface area (TPSA) is 132 Å². The maximum absolute atomic E-state index is 12.6. The van der Waals surface area contributed by atoms with Crippen molar-refractivity contribution in [1.82, 2.24) is 25.1 Å². The fourth-order valence-corrected chi connectivity index (χ4v) is 7.06. The lowest BCUT2D eigenvalue weighted by Crippen LogP contribution is -2.58. The minimum absolute atomic E-state index is 0.0315. The molecule has 0 spiro atoms. The average Bonchev–Trinajstić information content (AvgIpc) is 3.51. The van der Waals surface area contributed by atoms with Gasteiger partial charge in [-0.1, -0.05) is 17.7 Å². The SMILES string of the molecule is C=C[C@H]1CN(c2ccc3c(C4CCC(=O)NC4=O)nn(C)c3c2)C[C@H](C)N1c1ncc(Cl)c(Nc2ccc3c(c2)CC(O)N3C)n1. The standard InChI is InChI=1S/C33H36ClN9O3/c1-5-21-17-42(22-7-8-23-27(14-22)41(4)39-30(23)24-9-11-28(44)37-32(24)46)16-18(2)43(21)33-35-15-25(34)31(38-33)36-20-6-10-26-19(12-20)13-29(45)40(26)3/h5-8,10,12,14-15,18,21,24,29,45H,1,9,11,13,16-17H2,2-4H3,(H,35,36,38)(H,37,44,46)/t18-,21-,24?,29?/m0/s1. The largest absolute Gasteiger partial charge is 0.373 e. The van der Waals surface area contributed by atoms with E-state index in [4.69, 9.17) is 21.7 Å². The molecule has 3 aliphatic rings. The van der Waals surface area contributed by atoms with Crippen molar-refractivity contribution >= 4 is 63.1 Å². The van der Waals surface area contributed by atoms with Gasteiger partial charge in [0.2, 0.25) is 17.8 Å². The summed E-state index contributed by atoms with van der Waals surface area (Å²) in [6.07, 6.45) is 4.33. The highest BCUT2D eigenvalue weighted by Gasteiger charge is 2.35. The van der Waals surface area contributed by atoms with Crippen molar-refractivity contribution in [2.75, 3.05) is 40.2 Å². The number of rotatable bonds is 6. The molecular formula is C33H36ClN9O3. The lowest BCUT2D eigenvalue weighted by molar-refractivity contribution is -0.134. The minimum atomic E-state index is -0.531. The number of anilines is 5. The Balaban J connectivity index is 1.12. The van der Waals surface area contributed by atoms with Gasteiger partial charge >= 0.3 is 0 Å². The van der Waals surface area contributed by atoms with Crippen LogP contribution in [0.2, 0.25) is 5.02 Å². The van der Waals surface area contributed by atoms with E-state index in [9.17, 15) is 14.7 Å². The van der Waals surface area contributed by atoms with E-state index in [2.05, 4.69) is 51.1 Å². The highest BCUT2D eigenvalue weighted by atomic mass is 35.5. The first-order valence-electron chi connectivity index (χ1n) is 15.4. The van der Waals surface area contributed by atoms with Crippen LogP contribution in [0.15, 0.2) is 55.3 Å². The van der Waals surface area contributed by atoms with Crippen molar-refractivity contribution in [3.8, 4) is 0 Å². The van der Waals surface area contributed by atoms with Crippen LogP contribution in [0.1, 0.15) is 36.9 Å². The number of nitrogens with one attached hydrogen (secondary N) is 2. The fourth-order valence-electron chi connectivity index (χ4n) is 6.92. The summed E-state index contributed by atoms with van der Waals surface area (Å²) >= 11 is 6.56. The third-order valence-corrected chi connectivity index (χ3v) is 9.61. The number of aliphatic hydroxyl groups excluding tert-OH is 1. The number of benzene rings is 2. The summed E-state index contributed by atoms with van der Waals surface area (Å²) in [4.78, 5) is 40.1. The summed E-state index contributed by atoms with van der Waals surface area (Å²) < 4.78 is 1.81. The summed E-state index contributed by atoms with van der Waals surface area (Å²) in [6, 6.07) is 12.1. The summed E-state index contributed by atoms with van der Waals surface area (Å²) in [5.74, 6) is 0.0820. The number of halogens is 1. The molecule has 2 fully saturated rings. The molecule has 0 aliphatic carbocycles. The van der Waals surface area contributed by atoms with Crippen LogP contribution in [-0.4, -0.2) is 75.1 Å². The van der Waals surface area contributed by atoms with Crippen LogP contribution >= 0.6 is 11.6 Å². The van der Waals surface area contributed by atoms with E-state index < -0.39 is 12.1 Å². The highest BCUT2D eigenvalue weighted by Crippen LogP contribution is 2.36. The van der Waals surface area contributed by atoms with Crippen LogP contribution in [0.25, 0.3) is 10.9 Å². The Labute approximate surface area is 271 Å². The van der Waals surface area contributed by atoms with Gasteiger partial charge in [-0.05, 0) is 55.3 Å². The van der Waals surface area contributed by atoms with Crippen molar-refractivity contribution in [2.24, 2.45) is 7.05 Å². The predicted octanol–water partition coefficient (Wildman–Crippen LogP) is 3.86. The second-order valence-electron chi connectivity index (χ2n) is 12.3. The molecule has 0 radical (unpaired) electrons. The second-order valence-corrected chi connectivity index (χ2v) is 12.7. The normalized spacial score (nSPS) is 23.1. The fraction of sp³-hybridized carbons (Fsp3) is 0.364. The smallest absolute Gasteiger partial charge is 0.235 e. The molecule has 46 heavy (non-hydrogen) atoms. The number of likely N-dealkylation sites (N-methyl/N-ethyl adjacent to an activating group) is 1. The van der Waals surface area contributed by atoms with E-state index in [1.54, 1.807) is 10.9 Å². The summed E-state index contributed by atoms with van der Waals surface area (Å²) in [6.45, 7) is 7.65. The first kappa shape index (κ1) is 30.0. The third-order valence-electron chi connectivity index (χ3n) is 9.33. The molecule has 238 valence electrons. The molecule has 2 aromatic carbocycles. The average molecular weight is 642 g/mol. The molecule has 4 aromatic rings. The number of amides is 2. The zero-order valence-electron chi connectivity index (χ0n) is 25.9. The van der Waals surface area contributed by atoms with Gasteiger partial charge in [0, 0.05) is 68.5 Å². The number of carbonyl (C=O) groups excluding carboxylic acids is 2. The molecule has 3 N–H and O–H groups in total. The Bertz CT molecular complexity index is 1880. The number of hydrogen-bond acceptors (Lipinski definition) is 10. The lowest BCUT2D eigenvalue weighted by atomic mass is 9.92. The van der Waals surface area contributed by atoms with Crippen LogP contribution in [0.3, 0.4) is 0 Å². The molecule has 2 saturated heterocycles. The Morgan fingerprint density at radius 3 is 2.76 bits per heavy atom. The summed E-state index contributed by atoms with van der Waals surface area (Å²) in [7, 11) is 3.76. The maximum Gasteiger partial charge on any atom is 0.235 e. The summed E-state index contributed by atoms with van der Waals surface area (Å²) in [5.41, 5.74) is 5.55. The maximum atomic E-state index is 12.6. The molecule has 3 aliphatic heterocycles. The van der Waals surface area contributed by atoms with Crippen molar-refractivity contribution in [2.45, 2.75) is 50.4 Å². The number of nitrogens with zero attached hydrogens (tertiary/aromatic N) is 7. The molecule has 4 atom stereocenters. The molecule has 2 amide bonds. The van der Waals surface area contributed by atoms with Gasteiger partial charge < -0.3 is 25.1 Å². The molecular weight excluding hydrogens is 606 g/mol. The van der Waals surface area contributed by atoms with E-state index in [1.807, 2.05) is 49.3 Å². The van der Waals surface area contributed by atoms with Crippen molar-refractivity contribution in [3.63, 3.8) is 0 Å². The zero-order valence-corrected chi connectivity index (χ0v) is 26.7. The molecule has 0 bridgehead atoms. The Morgan fingerprint density at radius 1 is 1.15 bits per heavy atom. The molecule has 7 rings (SSSR count). The van der Waals surface area contributed by atoms with E-state index in [0.29, 0.717) is 54.8 Å². The number of piperazine rings is 1. The number of fused-ring (bicyclic) bond motifs is 2. The minimum Gasteiger partial charge on any atom is -0.373 e. The Kier molecular flexibility index (Phi) is 7.56. The molecule has 0 saturated carbocycles. The van der Waals surface area contributed by atoms with Crippen LogP contribution in [0, 0.1) is 0 Å². The summed E-state index contributed by atoms with van der Waals surface area (Å²) in [5, 5.41) is 22.0. The van der Waals surface area contributed by atoms with Gasteiger partial charge in [0.1, 0.15) is 11.3 Å². The molecule has 13 heteroatoms. The number of aryl methyl sites for hydroxylation is 1. The van der Waals surface area contributed by atoms with Gasteiger partial charge in [-0.2, -0.15) is 10.1 Å². The van der Waals surface area contributed by atoms with E-state index in [0.717, 1.165) is 33.5 Å². The van der Waals surface area contributed by atoms with Crippen LogP contribution in [0.4, 0.5) is 28.8 Å². The highest BCUT2D eigenvalue weighted by molar-refractivity contribution is 6.32. The number of aliphatic hydroxyl groups is 1. The monoisotopic (exact) mass is 641 g/mol. The second kappa shape index (κ2) is 11.6. The van der Waals surface area contributed by atoms with Crippen LogP contribution in [-0.2, 0) is 23.1 Å². The number of aromatic nitrogens is 4. The van der Waals surface area contributed by atoms with Gasteiger partial charge in [-0.15, -0.1) is 6.58 Å². The lowest BCUT2D eigenvalue weighted by Gasteiger charge is -2.45. The van der Waals surface area contributed by atoms with Crippen molar-refractivity contribution in [3.05, 3.63) is 71.5 Å². The van der Waals surface area contributed by atoms with Crippen molar-refractivity contribution < 1.29 is 14.7 Å². The van der Waals surface area contributed by atoms with E-state index >= 15 is 0 Å². The molecule has 12 nitrogen and oxygen atoms in total. The number of imide groups is 1. The Hall–Kier alpha value is -4.68. The molecule has 5 heterocycles. The van der Waals surface area contributed by atoms with E-state index in [1.165, 1.54) is 0 Å². The van der Waals surface area contributed by atoms with Gasteiger partial charge in [-0.25, -0.2) is 4.98 Å². The van der Waals surface area contributed by atoms with E-state index in [-0.39, 0.29) is 23.9 Å². The van der Waals surface area contributed by atoms with Crippen LogP contribution < -0.4 is 25.3 Å². The number of hydrogen-bond donors (Lipinski definition) is 3.